The minimum atomic E-state index is -0.0214. The number of nitrogen functional groups attached to an aromatic ring is 1. The van der Waals surface area contributed by atoms with Gasteiger partial charge in [-0.15, -0.1) is 0 Å². The van der Waals surface area contributed by atoms with Gasteiger partial charge in [-0.25, -0.2) is 0 Å². The van der Waals surface area contributed by atoms with Crippen molar-refractivity contribution in [1.82, 2.24) is 0 Å². The molecule has 0 heterocycles. The number of hydrogen-bond donors (Lipinski definition) is 1. The first-order chi connectivity index (χ1) is 8.65. The summed E-state index contributed by atoms with van der Waals surface area (Å²) >= 11 is 0. The number of nitrogens with two attached hydrogens (primary N) is 1. The summed E-state index contributed by atoms with van der Waals surface area (Å²) in [7, 11) is 0. The van der Waals surface area contributed by atoms with Gasteiger partial charge in [-0.2, -0.15) is 0 Å². The van der Waals surface area contributed by atoms with E-state index in [1.165, 1.54) is 6.92 Å². The van der Waals surface area contributed by atoms with Crippen molar-refractivity contribution < 1.29 is 9.53 Å². The van der Waals surface area contributed by atoms with Gasteiger partial charge in [-0.05, 0) is 24.6 Å². The van der Waals surface area contributed by atoms with Gasteiger partial charge in [-0.1, -0.05) is 30.3 Å². The standard InChI is InChI=1S/C15H15NO2/c1-11(17)13-7-14(16)9-15(8-13)18-10-12-5-3-2-4-6-12/h2-9H,10,16H2,1H3. The van der Waals surface area contributed by atoms with Crippen LogP contribution >= 0.6 is 0 Å². The van der Waals surface area contributed by atoms with Crippen LogP contribution in [-0.4, -0.2) is 5.78 Å². The van der Waals surface area contributed by atoms with E-state index in [0.717, 1.165) is 5.56 Å². The van der Waals surface area contributed by atoms with Gasteiger partial charge in [0.15, 0.2) is 5.78 Å². The highest BCUT2D eigenvalue weighted by molar-refractivity contribution is 5.95. The Labute approximate surface area is 106 Å². The molecule has 0 saturated heterocycles. The molecule has 2 aromatic carbocycles. The summed E-state index contributed by atoms with van der Waals surface area (Å²) in [5.74, 6) is 0.593. The number of ketones is 1. The van der Waals surface area contributed by atoms with Gasteiger partial charge in [0.1, 0.15) is 12.4 Å². The normalized spacial score (nSPS) is 10.1. The molecule has 2 aromatic rings. The first-order valence-corrected chi connectivity index (χ1v) is 5.73. The van der Waals surface area contributed by atoms with E-state index in [-0.39, 0.29) is 5.78 Å². The maximum absolute atomic E-state index is 11.3. The molecule has 0 saturated carbocycles. The van der Waals surface area contributed by atoms with E-state index in [4.69, 9.17) is 10.5 Å². The van der Waals surface area contributed by atoms with Crippen LogP contribution in [0, 0.1) is 0 Å². The molecular weight excluding hydrogens is 226 g/mol. The molecule has 0 radical (unpaired) electrons. The van der Waals surface area contributed by atoms with E-state index < -0.39 is 0 Å². The average Bonchev–Trinajstić information content (AvgIpc) is 2.37. The lowest BCUT2D eigenvalue weighted by Crippen LogP contribution is -1.99. The fraction of sp³-hybridized carbons (Fsp3) is 0.133. The number of Topliss-reactive ketones (excluding diaryl/α,β-unsaturated/α-hetero) is 1. The molecule has 0 aliphatic heterocycles. The quantitative estimate of drug-likeness (QED) is 0.661. The molecule has 3 heteroatoms. The molecule has 0 spiro atoms. The third-order valence-electron chi connectivity index (χ3n) is 2.58. The molecule has 0 aliphatic rings. The van der Waals surface area contributed by atoms with Crippen LogP contribution in [0.5, 0.6) is 5.75 Å². The van der Waals surface area contributed by atoms with Crippen LogP contribution in [0.25, 0.3) is 0 Å². The van der Waals surface area contributed by atoms with Crippen LogP contribution in [0.15, 0.2) is 48.5 Å². The molecule has 0 amide bonds. The highest BCUT2D eigenvalue weighted by Crippen LogP contribution is 2.20. The molecule has 2 N–H and O–H groups in total. The Bertz CT molecular complexity index is 550. The number of hydrogen-bond acceptors (Lipinski definition) is 3. The van der Waals surface area contributed by atoms with Crippen LogP contribution in [-0.2, 0) is 6.61 Å². The van der Waals surface area contributed by atoms with Crippen molar-refractivity contribution in [2.75, 3.05) is 5.73 Å². The third-order valence-corrected chi connectivity index (χ3v) is 2.58. The van der Waals surface area contributed by atoms with E-state index in [9.17, 15) is 4.79 Å². The molecule has 2 rings (SSSR count). The summed E-state index contributed by atoms with van der Waals surface area (Å²) in [6.45, 7) is 1.97. The van der Waals surface area contributed by atoms with Gasteiger partial charge in [0.05, 0.1) is 0 Å². The monoisotopic (exact) mass is 241 g/mol. The summed E-state index contributed by atoms with van der Waals surface area (Å²) < 4.78 is 5.63. The number of ether oxygens (including phenoxy) is 1. The van der Waals surface area contributed by atoms with Crippen LogP contribution in [0.1, 0.15) is 22.8 Å². The number of carbonyl (C=O) groups is 1. The fourth-order valence-electron chi connectivity index (χ4n) is 1.65. The van der Waals surface area contributed by atoms with Gasteiger partial charge < -0.3 is 10.5 Å². The highest BCUT2D eigenvalue weighted by atomic mass is 16.5. The molecule has 3 nitrogen and oxygen atoms in total. The summed E-state index contributed by atoms with van der Waals surface area (Å²) in [5.41, 5.74) is 7.91. The van der Waals surface area contributed by atoms with Crippen molar-refractivity contribution in [2.24, 2.45) is 0 Å². The molecule has 0 atom stereocenters. The second-order valence-corrected chi connectivity index (χ2v) is 4.12. The predicted molar refractivity (Wildman–Crippen MR) is 71.6 cm³/mol. The SMILES string of the molecule is CC(=O)c1cc(N)cc(OCc2ccccc2)c1. The maximum atomic E-state index is 11.3. The summed E-state index contributed by atoms with van der Waals surface area (Å²) in [4.78, 5) is 11.3. The van der Waals surface area contributed by atoms with Crippen LogP contribution < -0.4 is 10.5 Å². The van der Waals surface area contributed by atoms with Crippen LogP contribution in [0.4, 0.5) is 5.69 Å². The van der Waals surface area contributed by atoms with Gasteiger partial charge in [0.25, 0.3) is 0 Å². The number of benzene rings is 2. The Morgan fingerprint density at radius 2 is 1.89 bits per heavy atom. The van der Waals surface area contributed by atoms with Gasteiger partial charge in [0.2, 0.25) is 0 Å². The van der Waals surface area contributed by atoms with Crippen molar-refractivity contribution in [3.63, 3.8) is 0 Å². The summed E-state index contributed by atoms with van der Waals surface area (Å²) in [6.07, 6.45) is 0. The summed E-state index contributed by atoms with van der Waals surface area (Å²) in [5, 5.41) is 0. The van der Waals surface area contributed by atoms with Crippen molar-refractivity contribution >= 4 is 11.5 Å². The van der Waals surface area contributed by atoms with E-state index in [2.05, 4.69) is 0 Å². The van der Waals surface area contributed by atoms with Gasteiger partial charge >= 0.3 is 0 Å². The second-order valence-electron chi connectivity index (χ2n) is 4.12. The molecule has 92 valence electrons. The Morgan fingerprint density at radius 3 is 2.56 bits per heavy atom. The summed E-state index contributed by atoms with van der Waals surface area (Å²) in [6, 6.07) is 14.9. The molecule has 0 aliphatic carbocycles. The fourth-order valence-corrected chi connectivity index (χ4v) is 1.65. The molecule has 0 unspecified atom stereocenters. The van der Waals surface area contributed by atoms with Crippen molar-refractivity contribution in [2.45, 2.75) is 13.5 Å². The second kappa shape index (κ2) is 5.36. The van der Waals surface area contributed by atoms with E-state index >= 15 is 0 Å². The van der Waals surface area contributed by atoms with Gasteiger partial charge in [0, 0.05) is 17.3 Å². The minimum Gasteiger partial charge on any atom is -0.489 e. The molecule has 18 heavy (non-hydrogen) atoms. The van der Waals surface area contributed by atoms with Crippen LogP contribution in [0.3, 0.4) is 0 Å². The molecular formula is C15H15NO2. The zero-order chi connectivity index (χ0) is 13.0. The highest BCUT2D eigenvalue weighted by Gasteiger charge is 2.04. The maximum Gasteiger partial charge on any atom is 0.160 e. The Hall–Kier alpha value is -2.29. The van der Waals surface area contributed by atoms with E-state index in [1.807, 2.05) is 30.3 Å². The largest absolute Gasteiger partial charge is 0.489 e. The van der Waals surface area contributed by atoms with E-state index in [1.54, 1.807) is 18.2 Å². The zero-order valence-electron chi connectivity index (χ0n) is 10.2. The molecule has 0 bridgehead atoms. The average molecular weight is 241 g/mol. The Balaban J connectivity index is 2.12. The zero-order valence-corrected chi connectivity index (χ0v) is 10.2. The first-order valence-electron chi connectivity index (χ1n) is 5.73. The molecule has 0 aromatic heterocycles. The smallest absolute Gasteiger partial charge is 0.160 e. The Morgan fingerprint density at radius 1 is 1.17 bits per heavy atom. The lowest BCUT2D eigenvalue weighted by atomic mass is 10.1. The first kappa shape index (κ1) is 12.2. The minimum absolute atomic E-state index is 0.0214. The Kier molecular flexibility index (Phi) is 3.63. The lowest BCUT2D eigenvalue weighted by Gasteiger charge is -2.08. The van der Waals surface area contributed by atoms with E-state index in [0.29, 0.717) is 23.6 Å². The predicted octanol–water partition coefficient (Wildman–Crippen LogP) is 3.05. The van der Waals surface area contributed by atoms with Crippen molar-refractivity contribution in [1.29, 1.82) is 0 Å². The van der Waals surface area contributed by atoms with Crippen molar-refractivity contribution in [3.8, 4) is 5.75 Å². The lowest BCUT2D eigenvalue weighted by molar-refractivity contribution is 0.101. The number of rotatable bonds is 4. The van der Waals surface area contributed by atoms with Crippen molar-refractivity contribution in [3.05, 3.63) is 59.7 Å². The number of carbonyl (C=O) groups excluding carboxylic acids is 1. The van der Waals surface area contributed by atoms with Gasteiger partial charge in [-0.3, -0.25) is 4.79 Å². The number of anilines is 1. The van der Waals surface area contributed by atoms with Crippen LogP contribution in [0.2, 0.25) is 0 Å². The molecule has 0 fully saturated rings. The third kappa shape index (κ3) is 3.10. The topological polar surface area (TPSA) is 52.3 Å².